The summed E-state index contributed by atoms with van der Waals surface area (Å²) in [6.07, 6.45) is -42.8. The van der Waals surface area contributed by atoms with Gasteiger partial charge in [0, 0.05) is 112 Å². The second-order valence-corrected chi connectivity index (χ2v) is 28.6. The molecule has 51 heteroatoms. The molecule has 28 N–H and O–H groups in total. The highest BCUT2D eigenvalue weighted by atomic mass is 32.1. The van der Waals surface area contributed by atoms with Gasteiger partial charge in [0.15, 0.2) is 22.7 Å². The number of rotatable bonds is 58. The number of carbonyl (C=O) groups is 15. The topological polar surface area (TPSA) is 805 Å². The van der Waals surface area contributed by atoms with E-state index in [9.17, 15) is 182 Å². The zero-order valence-electron chi connectivity index (χ0n) is 65.1. The van der Waals surface area contributed by atoms with Crippen LogP contribution in [-0.2, 0) is 73.7 Å². The summed E-state index contributed by atoms with van der Waals surface area (Å²) in [6.45, 7) is -4.40. The van der Waals surface area contributed by atoms with Gasteiger partial charge in [0.1, 0.15) is 66.7 Å². The number of nitrogens with two attached hydrogens (primary N) is 1. The minimum absolute atomic E-state index is 0.0700. The molecule has 3 rings (SSSR count). The van der Waals surface area contributed by atoms with Crippen LogP contribution in [0.1, 0.15) is 126 Å². The number of nitrogens with zero attached hydrogens (tertiary/aromatic N) is 4. The van der Waals surface area contributed by atoms with E-state index in [2.05, 4.69) is 69.8 Å². The summed E-state index contributed by atoms with van der Waals surface area (Å²) in [5, 5.41) is 195. The number of thiol groups is 1. The lowest BCUT2D eigenvalue weighted by Gasteiger charge is -2.26. The molecule has 0 aliphatic carbocycles. The molecule has 0 aliphatic rings. The number of nitrogen functional groups attached to an aromatic ring is 1. The average Bonchev–Trinajstić information content (AvgIpc) is 0.794. The van der Waals surface area contributed by atoms with Crippen LogP contribution in [0.15, 0.2) is 35.3 Å². The second kappa shape index (κ2) is 51.4. The molecule has 0 saturated heterocycles. The van der Waals surface area contributed by atoms with E-state index in [0.717, 1.165) is 30.5 Å². The number of nitrogens with one attached hydrogen (secondary N) is 8. The van der Waals surface area contributed by atoms with Crippen LogP contribution in [0.5, 0.6) is 0 Å². The van der Waals surface area contributed by atoms with Crippen molar-refractivity contribution in [3.8, 4) is 0 Å². The van der Waals surface area contributed by atoms with Gasteiger partial charge >= 0.3 is 36.0 Å². The Hall–Kier alpha value is -10.5. The number of alkyl halides is 3. The lowest BCUT2D eigenvalue weighted by atomic mass is 9.89. The van der Waals surface area contributed by atoms with Gasteiger partial charge in [0.05, 0.1) is 68.1 Å². The maximum atomic E-state index is 14.8. The number of benzene rings is 1. The van der Waals surface area contributed by atoms with Gasteiger partial charge in [-0.1, -0.05) is 6.92 Å². The molecule has 3 aromatic rings. The Morgan fingerprint density at radius 3 is 1.26 bits per heavy atom. The van der Waals surface area contributed by atoms with Crippen LogP contribution in [0, 0.1) is 17.8 Å². The summed E-state index contributed by atoms with van der Waals surface area (Å²) < 4.78 is 42.0. The van der Waals surface area contributed by atoms with Crippen molar-refractivity contribution >= 4 is 124 Å². The second-order valence-electron chi connectivity index (χ2n) is 28.2. The normalized spacial score (nSPS) is 16.3. The highest BCUT2D eigenvalue weighted by molar-refractivity contribution is 7.80. The first kappa shape index (κ1) is 106. The van der Waals surface area contributed by atoms with Crippen molar-refractivity contribution in [2.75, 3.05) is 49.2 Å². The van der Waals surface area contributed by atoms with E-state index in [-0.39, 0.29) is 28.6 Å². The maximum absolute atomic E-state index is 14.8. The number of hydrogen-bond acceptors (Lipinski definition) is 35. The zero-order valence-corrected chi connectivity index (χ0v) is 66.0. The summed E-state index contributed by atoms with van der Waals surface area (Å²) in [5.41, 5.74) is 2.43. The first-order valence-electron chi connectivity index (χ1n) is 37.6. The fraction of sp³-hybridized carbons (Fsp3) is 0.620. The average molecular weight is 1770 g/mol. The monoisotopic (exact) mass is 1770 g/mol. The van der Waals surface area contributed by atoms with Crippen LogP contribution in [0.25, 0.3) is 11.2 Å². The van der Waals surface area contributed by atoms with Gasteiger partial charge in [0.25, 0.3) is 11.5 Å². The third-order valence-corrected chi connectivity index (χ3v) is 19.3. The first-order valence-corrected chi connectivity index (χ1v) is 38.2. The van der Waals surface area contributed by atoms with E-state index in [0.29, 0.717) is 0 Å². The van der Waals surface area contributed by atoms with Crippen molar-refractivity contribution in [1.82, 2.24) is 57.2 Å². The Morgan fingerprint density at radius 2 is 0.885 bits per heavy atom. The van der Waals surface area contributed by atoms with Crippen molar-refractivity contribution in [1.29, 1.82) is 0 Å². The fourth-order valence-electron chi connectivity index (χ4n) is 11.6. The Kier molecular flexibility index (Phi) is 44.5. The molecular weight excluding hydrogens is 1670 g/mol. The maximum Gasteiger partial charge on any atom is 0.471 e. The SMILES string of the molecule is CC[C@@H](O)[C@@H](O)[C@H](O)[C@@H](O)CNC(=O)CC[C@H](CC(=O)[C@@H](CCC(=O)O)NC(=O)[C@H](CCC(=O)NC[C@H](O)[C@@H](O)[C@H](O)[C@H](O)CO)CC(=O)[C@@H](CCC(=O)O)NC(=O)[C@H](CCC(=O)NC[C@H](O)[C@@H](O)[C@H](O)[C@H](O)CO)CC(=O)CC[C@H](NC(=O)c1ccc(N(Cc2cnc3nc(N)[nH]c(=O)c3n2)C(=O)C(F)(F)F)cc1)C(=O)O)C(=O)N[C@H](CS)C(=O)O. The van der Waals surface area contributed by atoms with E-state index in [1.807, 2.05) is 0 Å². The smallest absolute Gasteiger partial charge is 0.471 e. The Bertz CT molecular complexity index is 4140. The molecule has 0 aliphatic heterocycles. The number of amides is 8. The van der Waals surface area contributed by atoms with Crippen LogP contribution in [0.3, 0.4) is 0 Å². The van der Waals surface area contributed by atoms with Gasteiger partial charge in [-0.2, -0.15) is 30.8 Å². The van der Waals surface area contributed by atoms with Crippen LogP contribution in [0.4, 0.5) is 24.8 Å². The number of H-pyrrole nitrogens is 1. The molecule has 1 aromatic carbocycles. The fourth-order valence-corrected chi connectivity index (χ4v) is 11.9. The third-order valence-electron chi connectivity index (χ3n) is 18.9. The quantitative estimate of drug-likeness (QED) is 0.0233. The van der Waals surface area contributed by atoms with Gasteiger partial charge < -0.3 is 135 Å². The number of halogens is 3. The largest absolute Gasteiger partial charge is 0.481 e. The Labute approximate surface area is 694 Å². The summed E-state index contributed by atoms with van der Waals surface area (Å²) >= 11 is 3.90. The molecule has 0 spiro atoms. The number of carboxylic acid groups (broad SMARTS) is 4. The standard InChI is InChI=1S/C71H102F3N13O34S/c1-2-41(91)55(106)56(107)44(94)23-76-51(101)16-7-33(65(115)84-40(29-122)68(119)120)21-43(93)38(13-18-53(104)105)82-64(114)32(6-15-50(100)78-25-46(96)58(109)60(111)48(98)28-89)20-42(92)37(12-17-52(102)103)81-63(113)31(5-14-49(99)77-24-45(95)57(108)59(110)47(97)27-88)19-36(90)10-11-39(67(117)118)83-62(112)30-3-8-35(9-4-30)87(69(121)71(72,73)74)26-34-22-79-61-54(80-34)66(116)86-70(75)85-61/h3-4,8-9,22,31-33,37-41,44-48,55-60,88-89,91,94-98,106-111,122H,2,5-7,10-21,23-29H2,1H3,(H,76,101)(H,77,99)(H,78,100)(H,81,113)(H,82,114)(H,83,112)(H,84,115)(H,102,103)(H,104,105)(H,117,118)(H,119,120)(H3,75,79,85,86,116)/t31-,32-,33-,37-,38-,39+,40-,41-,44+,45+,46+,47-,48-,55-,56-,57-,58-,59-,60-/m1/s1. The number of ketones is 3. The van der Waals surface area contributed by atoms with Gasteiger partial charge in [-0.05, 0) is 69.2 Å². The molecule has 0 radical (unpaired) electrons. The summed E-state index contributed by atoms with van der Waals surface area (Å²) in [4.78, 5) is 228. The van der Waals surface area contributed by atoms with E-state index in [4.69, 9.17) is 5.73 Å². The van der Waals surface area contributed by atoms with Crippen molar-refractivity contribution in [3.63, 3.8) is 0 Å². The van der Waals surface area contributed by atoms with E-state index < -0.39 is 374 Å². The number of fused-ring (bicyclic) bond motifs is 1. The number of aliphatic carboxylic acids is 4. The zero-order chi connectivity index (χ0) is 92.3. The number of aliphatic hydroxyl groups excluding tert-OH is 14. The highest BCUT2D eigenvalue weighted by Crippen LogP contribution is 2.28. The number of aromatic amines is 1. The molecule has 2 aromatic heterocycles. The molecule has 47 nitrogen and oxygen atoms in total. The number of aromatic nitrogens is 4. The molecule has 0 fully saturated rings. The number of anilines is 2. The lowest BCUT2D eigenvalue weighted by Crippen LogP contribution is -2.50. The van der Waals surface area contributed by atoms with Crippen LogP contribution >= 0.6 is 12.6 Å². The van der Waals surface area contributed by atoms with Crippen LogP contribution in [-0.4, -0.2) is 343 Å². The lowest BCUT2D eigenvalue weighted by molar-refractivity contribution is -0.170. The molecule has 0 bridgehead atoms. The third kappa shape index (κ3) is 35.1. The van der Waals surface area contributed by atoms with Crippen LogP contribution in [0.2, 0.25) is 0 Å². The molecule has 2 heterocycles. The van der Waals surface area contributed by atoms with Crippen molar-refractivity contribution in [2.45, 2.75) is 220 Å². The molecule has 682 valence electrons. The highest BCUT2D eigenvalue weighted by Gasteiger charge is 2.44. The van der Waals surface area contributed by atoms with Gasteiger partial charge in [0.2, 0.25) is 41.4 Å². The van der Waals surface area contributed by atoms with Crippen molar-refractivity contribution in [3.05, 3.63) is 52.1 Å². The van der Waals surface area contributed by atoms with Crippen LogP contribution < -0.4 is 53.4 Å². The summed E-state index contributed by atoms with van der Waals surface area (Å²) in [5.74, 6) is -28.0. The number of aliphatic hydroxyl groups is 14. The number of hydrogen-bond donors (Lipinski definition) is 28. The minimum Gasteiger partial charge on any atom is -0.481 e. The summed E-state index contributed by atoms with van der Waals surface area (Å²) in [6, 6.07) is -4.54. The number of Topliss-reactive ketones (excluding diaryl/α,β-unsaturated/α-hetero) is 3. The summed E-state index contributed by atoms with van der Waals surface area (Å²) in [7, 11) is 0. The molecule has 0 unspecified atom stereocenters. The van der Waals surface area contributed by atoms with Crippen molar-refractivity contribution < 1.29 is 177 Å². The Morgan fingerprint density at radius 1 is 0.500 bits per heavy atom. The Balaban J connectivity index is 2.10. The van der Waals surface area contributed by atoms with Gasteiger partial charge in [-0.15, -0.1) is 0 Å². The van der Waals surface area contributed by atoms with E-state index >= 15 is 0 Å². The predicted molar refractivity (Wildman–Crippen MR) is 408 cm³/mol. The van der Waals surface area contributed by atoms with Crippen molar-refractivity contribution in [2.24, 2.45) is 17.8 Å². The van der Waals surface area contributed by atoms with Gasteiger partial charge in [-0.25, -0.2) is 19.6 Å². The molecular formula is C71H102F3N13O34S. The number of carboxylic acids is 4. The molecule has 122 heavy (non-hydrogen) atoms. The van der Waals surface area contributed by atoms with E-state index in [1.165, 1.54) is 6.92 Å². The van der Waals surface area contributed by atoms with Gasteiger partial charge in [-0.3, -0.25) is 77.0 Å². The molecule has 0 saturated carbocycles. The molecule has 19 atom stereocenters. The predicted octanol–water partition coefficient (Wildman–Crippen LogP) is -9.31. The number of carbonyl (C=O) groups excluding carboxylic acids is 11. The molecule has 8 amide bonds. The minimum atomic E-state index is -5.53. The van der Waals surface area contributed by atoms with E-state index in [1.54, 1.807) is 0 Å². The first-order chi connectivity index (χ1) is 57.1.